The molecule has 0 bridgehead atoms. The number of nitrogens with zero attached hydrogens (tertiary/aromatic N) is 3. The number of aromatic nitrogens is 1. The van der Waals surface area contributed by atoms with Crippen molar-refractivity contribution in [1.82, 2.24) is 15.2 Å². The Bertz CT molecular complexity index is 1910. The molecular formula is C36H31N5O7S2. The lowest BCUT2D eigenvalue weighted by Gasteiger charge is -2.49. The van der Waals surface area contributed by atoms with Gasteiger partial charge in [0.25, 0.3) is 11.8 Å². The average Bonchev–Trinajstić information content (AvgIpc) is 3.59. The molecule has 2 atom stereocenters. The van der Waals surface area contributed by atoms with Crippen LogP contribution in [0, 0.1) is 0 Å². The van der Waals surface area contributed by atoms with Crippen molar-refractivity contribution in [2.75, 3.05) is 18.1 Å². The number of thioether (sulfide) groups is 1. The number of hydrogen-bond acceptors (Lipinski definition) is 12. The lowest BCUT2D eigenvalue weighted by atomic mass is 10.0. The maximum absolute atomic E-state index is 13.9. The van der Waals surface area contributed by atoms with E-state index in [1.807, 2.05) is 78.9 Å². The van der Waals surface area contributed by atoms with Crippen LogP contribution in [-0.2, 0) is 40.1 Å². The van der Waals surface area contributed by atoms with Crippen molar-refractivity contribution in [3.8, 4) is 0 Å². The molecule has 0 aliphatic carbocycles. The van der Waals surface area contributed by atoms with Crippen molar-refractivity contribution in [1.29, 1.82) is 0 Å². The predicted octanol–water partition coefficient (Wildman–Crippen LogP) is 4.36. The number of ether oxygens (including phenoxy) is 2. The standard InChI is InChI=1S/C36H31N5O7S2/c1-2-23-20-49-34-29(33(44)41(34)30(23)35(45)48-31(24-14-8-4-9-15-24)25-16-10-5-11-17-25)39-32(43)28(26-21-50-36(37)38-26)40-47-19-27(42)46-18-22-12-6-3-7-13-22/h2-17,21,29,31,34H,1,18-20H2,(H2,37,38)(H,39,43)/t29?,34-/m1/s1. The third kappa shape index (κ3) is 7.61. The van der Waals surface area contributed by atoms with Crippen molar-refractivity contribution < 1.29 is 33.5 Å². The van der Waals surface area contributed by atoms with Gasteiger partial charge in [-0.25, -0.2) is 14.6 Å². The molecule has 1 saturated heterocycles. The van der Waals surface area contributed by atoms with Crippen molar-refractivity contribution >= 4 is 57.7 Å². The van der Waals surface area contributed by atoms with Crippen LogP contribution in [0.25, 0.3) is 0 Å². The summed E-state index contributed by atoms with van der Waals surface area (Å²) in [6.45, 7) is 3.31. The second-order valence-electron chi connectivity index (χ2n) is 11.0. The molecule has 3 N–H and O–H groups in total. The molecule has 50 heavy (non-hydrogen) atoms. The summed E-state index contributed by atoms with van der Waals surface area (Å²) in [5, 5.41) is 7.60. The zero-order valence-corrected chi connectivity index (χ0v) is 28.1. The predicted molar refractivity (Wildman–Crippen MR) is 188 cm³/mol. The number of carbonyl (C=O) groups excluding carboxylic acids is 4. The molecule has 1 aromatic heterocycles. The zero-order chi connectivity index (χ0) is 35.0. The molecule has 3 aromatic carbocycles. The lowest BCUT2D eigenvalue weighted by Crippen LogP contribution is -2.71. The summed E-state index contributed by atoms with van der Waals surface area (Å²) in [5.41, 5.74) is 8.50. The maximum atomic E-state index is 13.9. The van der Waals surface area contributed by atoms with Gasteiger partial charge in [-0.05, 0) is 22.3 Å². The van der Waals surface area contributed by atoms with E-state index >= 15 is 0 Å². The number of fused-ring (bicyclic) bond motifs is 1. The number of hydrogen-bond donors (Lipinski definition) is 2. The highest BCUT2D eigenvalue weighted by Crippen LogP contribution is 2.42. The second-order valence-corrected chi connectivity index (χ2v) is 13.0. The number of thiazole rings is 1. The number of esters is 2. The number of benzene rings is 3. The fourth-order valence-electron chi connectivity index (χ4n) is 5.28. The van der Waals surface area contributed by atoms with E-state index in [2.05, 4.69) is 22.0 Å². The van der Waals surface area contributed by atoms with Crippen LogP contribution in [0.15, 0.2) is 125 Å². The molecule has 4 aromatic rings. The lowest BCUT2D eigenvalue weighted by molar-refractivity contribution is -0.154. The normalized spacial score (nSPS) is 17.0. The fourth-order valence-corrected chi connectivity index (χ4v) is 7.16. The highest BCUT2D eigenvalue weighted by Gasteiger charge is 2.54. The molecule has 2 aliphatic rings. The van der Waals surface area contributed by atoms with Gasteiger partial charge in [0.05, 0.1) is 0 Å². The van der Waals surface area contributed by atoms with E-state index < -0.39 is 47.9 Å². The first-order chi connectivity index (χ1) is 24.3. The number of rotatable bonds is 13. The molecule has 1 fully saturated rings. The van der Waals surface area contributed by atoms with E-state index in [-0.39, 0.29) is 28.8 Å². The molecule has 2 amide bonds. The van der Waals surface area contributed by atoms with Crippen molar-refractivity contribution in [3.05, 3.63) is 143 Å². The smallest absolute Gasteiger partial charge is 0.356 e. The van der Waals surface area contributed by atoms with Crippen LogP contribution in [0.4, 0.5) is 5.13 Å². The minimum Gasteiger partial charge on any atom is -0.458 e. The maximum Gasteiger partial charge on any atom is 0.356 e. The van der Waals surface area contributed by atoms with Crippen molar-refractivity contribution in [3.63, 3.8) is 0 Å². The summed E-state index contributed by atoms with van der Waals surface area (Å²) in [5.74, 6) is -2.38. The first-order valence-corrected chi connectivity index (χ1v) is 17.3. The minimum absolute atomic E-state index is 0.0404. The molecule has 0 radical (unpaired) electrons. The monoisotopic (exact) mass is 709 g/mol. The molecular weight excluding hydrogens is 679 g/mol. The number of carbonyl (C=O) groups is 4. The summed E-state index contributed by atoms with van der Waals surface area (Å²) in [6.07, 6.45) is 0.793. The van der Waals surface area contributed by atoms with Crippen LogP contribution in [-0.4, -0.2) is 63.1 Å². The molecule has 0 spiro atoms. The van der Waals surface area contributed by atoms with Crippen molar-refractivity contribution in [2.45, 2.75) is 24.1 Å². The van der Waals surface area contributed by atoms with Crippen LogP contribution < -0.4 is 11.1 Å². The highest BCUT2D eigenvalue weighted by molar-refractivity contribution is 8.00. The number of β-lactam (4-membered cyclic amide) rings is 1. The molecule has 1 unspecified atom stereocenters. The number of anilines is 1. The summed E-state index contributed by atoms with van der Waals surface area (Å²) in [4.78, 5) is 63.9. The van der Waals surface area contributed by atoms with Gasteiger partial charge in [0.2, 0.25) is 6.61 Å². The van der Waals surface area contributed by atoms with E-state index in [1.54, 1.807) is 12.1 Å². The Morgan fingerprint density at radius 1 is 1.02 bits per heavy atom. The molecule has 254 valence electrons. The molecule has 14 heteroatoms. The minimum atomic E-state index is -1.02. The summed E-state index contributed by atoms with van der Waals surface area (Å²) in [6, 6.07) is 26.7. The van der Waals surface area contributed by atoms with Crippen LogP contribution in [0.3, 0.4) is 0 Å². The van der Waals surface area contributed by atoms with Crippen LogP contribution >= 0.6 is 23.1 Å². The molecule has 2 aliphatic heterocycles. The van der Waals surface area contributed by atoms with E-state index in [9.17, 15) is 19.2 Å². The number of nitrogens with two attached hydrogens (primary N) is 1. The van der Waals surface area contributed by atoms with Gasteiger partial charge in [-0.2, -0.15) is 0 Å². The number of oxime groups is 1. The Hall–Kier alpha value is -5.73. The zero-order valence-electron chi connectivity index (χ0n) is 26.5. The number of nitrogen functional groups attached to an aromatic ring is 1. The molecule has 0 saturated carbocycles. The van der Waals surface area contributed by atoms with Gasteiger partial charge < -0.3 is 25.4 Å². The van der Waals surface area contributed by atoms with Crippen LogP contribution in [0.2, 0.25) is 0 Å². The van der Waals surface area contributed by atoms with Gasteiger partial charge >= 0.3 is 11.9 Å². The van der Waals surface area contributed by atoms with Gasteiger partial charge in [0.1, 0.15) is 29.4 Å². The Balaban J connectivity index is 1.15. The van der Waals surface area contributed by atoms with Crippen LogP contribution in [0.1, 0.15) is 28.5 Å². The molecule has 6 rings (SSSR count). The average molecular weight is 710 g/mol. The molecule has 3 heterocycles. The van der Waals surface area contributed by atoms with E-state index in [0.717, 1.165) is 28.0 Å². The SMILES string of the molecule is C=CC1=C(C(=O)OC(c2ccccc2)c2ccccc2)N2C(=O)C(NC(=O)C(=NOCC(=O)OCc3ccccc3)c3csc(N)n3)[C@H]2SC1. The Kier molecular flexibility index (Phi) is 10.7. The number of nitrogens with one attached hydrogen (secondary N) is 1. The van der Waals surface area contributed by atoms with Gasteiger partial charge in [0.15, 0.2) is 16.9 Å². The Labute approximate surface area is 295 Å². The first-order valence-electron chi connectivity index (χ1n) is 15.4. The van der Waals surface area contributed by atoms with E-state index in [0.29, 0.717) is 11.3 Å². The summed E-state index contributed by atoms with van der Waals surface area (Å²) in [7, 11) is 0. The van der Waals surface area contributed by atoms with Gasteiger partial charge in [-0.3, -0.25) is 14.5 Å². The number of amides is 2. The highest BCUT2D eigenvalue weighted by atomic mass is 32.2. The quantitative estimate of drug-likeness (QED) is 0.0883. The van der Waals surface area contributed by atoms with Gasteiger partial charge in [0, 0.05) is 11.1 Å². The second kappa shape index (κ2) is 15.7. The van der Waals surface area contributed by atoms with Crippen molar-refractivity contribution in [2.24, 2.45) is 5.16 Å². The first kappa shape index (κ1) is 34.1. The summed E-state index contributed by atoms with van der Waals surface area (Å²) >= 11 is 2.43. The van der Waals surface area contributed by atoms with E-state index in [1.165, 1.54) is 28.1 Å². The van der Waals surface area contributed by atoms with Gasteiger partial charge in [-0.15, -0.1) is 23.1 Å². The third-order valence-electron chi connectivity index (χ3n) is 7.71. The molecule has 12 nitrogen and oxygen atoms in total. The fraction of sp³-hybridized carbons (Fsp3) is 0.167. The summed E-state index contributed by atoms with van der Waals surface area (Å²) < 4.78 is 11.3. The Morgan fingerprint density at radius 2 is 1.66 bits per heavy atom. The topological polar surface area (TPSA) is 163 Å². The largest absolute Gasteiger partial charge is 0.458 e. The third-order valence-corrected chi connectivity index (χ3v) is 9.69. The Morgan fingerprint density at radius 3 is 2.26 bits per heavy atom. The van der Waals surface area contributed by atoms with E-state index in [4.69, 9.17) is 20.0 Å². The number of allylic oxidation sites excluding steroid dienone is 1. The van der Waals surface area contributed by atoms with Crippen LogP contribution in [0.5, 0.6) is 0 Å². The van der Waals surface area contributed by atoms with Gasteiger partial charge in [-0.1, -0.05) is 109 Å².